The number of hydrogen-bond donors (Lipinski definition) is 1. The Hall–Kier alpha value is -5.10. The second-order valence-electron chi connectivity index (χ2n) is 16.9. The number of rotatable bonds is 28. The number of nitrogens with one attached hydrogen (secondary N) is 1. The lowest BCUT2D eigenvalue weighted by Crippen LogP contribution is -2.47. The predicted octanol–water partition coefficient (Wildman–Crippen LogP) is 7.74. The largest absolute Gasteiger partial charge is 0.493 e. The number of benzene rings is 3. The zero-order chi connectivity index (χ0) is 46.3. The summed E-state index contributed by atoms with van der Waals surface area (Å²) in [7, 11) is 1.68. The van der Waals surface area contributed by atoms with Crippen molar-refractivity contribution in [2.24, 2.45) is 17.8 Å². The molecule has 3 fully saturated rings. The molecular formula is C46H58Cl2N4O13. The van der Waals surface area contributed by atoms with Crippen molar-refractivity contribution in [2.75, 3.05) is 59.8 Å². The lowest BCUT2D eigenvalue weighted by Gasteiger charge is -2.36. The van der Waals surface area contributed by atoms with Gasteiger partial charge in [-0.2, -0.15) is 0 Å². The number of piperidine rings is 1. The Bertz CT molecular complexity index is 2050. The summed E-state index contributed by atoms with van der Waals surface area (Å²) in [6.45, 7) is 4.81. The van der Waals surface area contributed by atoms with E-state index in [-0.39, 0.29) is 61.2 Å². The van der Waals surface area contributed by atoms with Gasteiger partial charge in [-0.05, 0) is 136 Å². The highest BCUT2D eigenvalue weighted by molar-refractivity contribution is 6.37. The van der Waals surface area contributed by atoms with Crippen LogP contribution in [0, 0.1) is 44.9 Å². The van der Waals surface area contributed by atoms with E-state index in [9.17, 15) is 29.8 Å². The highest BCUT2D eigenvalue weighted by Gasteiger charge is 2.45. The fourth-order valence-electron chi connectivity index (χ4n) is 8.22. The van der Waals surface area contributed by atoms with Crippen molar-refractivity contribution < 1.29 is 53.1 Å². The molecule has 1 saturated heterocycles. The van der Waals surface area contributed by atoms with Gasteiger partial charge < -0.3 is 43.6 Å². The molecule has 0 aromatic heterocycles. The first kappa shape index (κ1) is 49.3. The maximum atomic E-state index is 14.6. The third-order valence-corrected chi connectivity index (χ3v) is 12.3. The molecule has 3 aliphatic rings. The van der Waals surface area contributed by atoms with Crippen LogP contribution in [0.5, 0.6) is 17.2 Å². The van der Waals surface area contributed by atoms with E-state index in [0.29, 0.717) is 79.5 Å². The molecule has 17 nitrogen and oxygen atoms in total. The second kappa shape index (κ2) is 24.4. The molecular weight excluding hydrogens is 887 g/mol. The van der Waals surface area contributed by atoms with Gasteiger partial charge in [-0.15, -0.1) is 20.2 Å². The fourth-order valence-corrected chi connectivity index (χ4v) is 8.92. The van der Waals surface area contributed by atoms with E-state index in [2.05, 4.69) is 38.1 Å². The first-order valence-corrected chi connectivity index (χ1v) is 23.0. The van der Waals surface area contributed by atoms with Gasteiger partial charge >= 0.3 is 5.97 Å². The molecule has 19 heteroatoms. The quantitative estimate of drug-likeness (QED) is 0.0321. The highest BCUT2D eigenvalue weighted by Crippen LogP contribution is 2.41. The van der Waals surface area contributed by atoms with Gasteiger partial charge in [-0.3, -0.25) is 9.59 Å². The van der Waals surface area contributed by atoms with E-state index in [0.717, 1.165) is 60.9 Å². The van der Waals surface area contributed by atoms with Gasteiger partial charge in [0.05, 0.1) is 35.1 Å². The third-order valence-electron chi connectivity index (χ3n) is 11.8. The monoisotopic (exact) mass is 944 g/mol. The Morgan fingerprint density at radius 2 is 1.58 bits per heavy atom. The zero-order valence-electron chi connectivity index (χ0n) is 36.8. The molecule has 3 aromatic carbocycles. The van der Waals surface area contributed by atoms with Crippen LogP contribution in [0.15, 0.2) is 54.6 Å². The SMILES string of the molecule is COCCCc1cc(CN(C(=O)[C@H]2CNCC[C@@H]2c2ccc(OCCOc3c(Cl)cc(C)cc3Cl)cc2)C2CC2)cc(OC[C@@H]2C[C@H]2C(=O)OCCCC[C@H](CO[N+](=O)[O-])O[N+](=O)[O-])c1. The molecule has 3 aromatic rings. The molecule has 5 atom stereocenters. The molecule has 0 spiro atoms. The standard InChI is InChI=1S/C46H58Cl2N4O13/c1-30-20-42(47)44(43(48)21-30)61-19-18-60-36-12-8-33(9-13-36)39-14-15-49-26-41(39)45(53)50(35-10-11-35)27-32-22-31(6-5-16-59-2)23-38(24-32)63-28-34-25-40(34)46(54)62-17-4-3-7-37(65-52(57)58)29-64-51(55)56/h8-9,12-13,20-24,34-35,37,39-41,49H,3-7,10-11,14-19,25-29H2,1-2H3/t34-,37+,39+,40+,41-/m0/s1. The Labute approximate surface area is 388 Å². The maximum Gasteiger partial charge on any atom is 0.309 e. The number of ether oxygens (including phenoxy) is 5. The van der Waals surface area contributed by atoms with Crippen LogP contribution in [0.4, 0.5) is 0 Å². The first-order chi connectivity index (χ1) is 31.4. The number of hydrogen-bond acceptors (Lipinski definition) is 14. The van der Waals surface area contributed by atoms with Gasteiger partial charge in [0.15, 0.2) is 5.75 Å². The van der Waals surface area contributed by atoms with E-state index in [1.165, 1.54) is 0 Å². The van der Waals surface area contributed by atoms with Gasteiger partial charge in [0.2, 0.25) is 5.91 Å². The molecule has 0 bridgehead atoms. The van der Waals surface area contributed by atoms with Crippen LogP contribution >= 0.6 is 23.2 Å². The highest BCUT2D eigenvalue weighted by atomic mass is 35.5. The molecule has 1 N–H and O–H groups in total. The van der Waals surface area contributed by atoms with Gasteiger partial charge in [0.25, 0.3) is 10.2 Å². The van der Waals surface area contributed by atoms with Crippen molar-refractivity contribution in [3.63, 3.8) is 0 Å². The van der Waals surface area contributed by atoms with Crippen LogP contribution in [0.3, 0.4) is 0 Å². The summed E-state index contributed by atoms with van der Waals surface area (Å²) in [5, 5.41) is 23.5. The Morgan fingerprint density at radius 3 is 2.29 bits per heavy atom. The molecule has 354 valence electrons. The van der Waals surface area contributed by atoms with Crippen LogP contribution in [-0.2, 0) is 41.7 Å². The maximum absolute atomic E-state index is 14.6. The minimum atomic E-state index is -1.10. The minimum absolute atomic E-state index is 0.0153. The molecule has 65 heavy (non-hydrogen) atoms. The van der Waals surface area contributed by atoms with Crippen LogP contribution in [0.1, 0.15) is 79.5 Å². The smallest absolute Gasteiger partial charge is 0.309 e. The van der Waals surface area contributed by atoms with Crippen molar-refractivity contribution in [2.45, 2.75) is 89.3 Å². The number of methoxy groups -OCH3 is 1. The number of nitrogens with zero attached hydrogens (tertiary/aromatic N) is 3. The van der Waals surface area contributed by atoms with E-state index in [1.807, 2.05) is 31.2 Å². The zero-order valence-corrected chi connectivity index (χ0v) is 38.3. The second-order valence-corrected chi connectivity index (χ2v) is 17.7. The van der Waals surface area contributed by atoms with Crippen LogP contribution in [-0.4, -0.2) is 98.9 Å². The number of carbonyl (C=O) groups excluding carboxylic acids is 2. The van der Waals surface area contributed by atoms with Crippen molar-refractivity contribution in [1.29, 1.82) is 0 Å². The first-order valence-electron chi connectivity index (χ1n) is 22.2. The van der Waals surface area contributed by atoms with Crippen molar-refractivity contribution in [1.82, 2.24) is 10.2 Å². The molecule has 0 radical (unpaired) electrons. The average Bonchev–Trinajstić information content (AvgIpc) is 4.22. The van der Waals surface area contributed by atoms with Crippen molar-refractivity contribution in [3.8, 4) is 17.2 Å². The number of carbonyl (C=O) groups is 2. The van der Waals surface area contributed by atoms with Crippen LogP contribution in [0.2, 0.25) is 10.0 Å². The van der Waals surface area contributed by atoms with Gasteiger partial charge in [0, 0.05) is 38.8 Å². The molecule has 2 saturated carbocycles. The fraction of sp³-hybridized carbons (Fsp3) is 0.565. The van der Waals surface area contributed by atoms with Gasteiger partial charge in [0.1, 0.15) is 37.4 Å². The number of halogens is 2. The number of esters is 1. The number of amides is 1. The molecule has 1 amide bonds. The molecule has 0 unspecified atom stereocenters. The summed E-state index contributed by atoms with van der Waals surface area (Å²) >= 11 is 12.6. The summed E-state index contributed by atoms with van der Waals surface area (Å²) in [6, 6.07) is 17.9. The normalized spacial score (nSPS) is 19.4. The van der Waals surface area contributed by atoms with Gasteiger partial charge in [-0.25, -0.2) is 0 Å². The third kappa shape index (κ3) is 15.5. The van der Waals surface area contributed by atoms with E-state index < -0.39 is 22.9 Å². The number of aryl methyl sites for hydroxylation is 2. The summed E-state index contributed by atoms with van der Waals surface area (Å²) in [6.07, 6.45) is 4.76. The molecule has 6 rings (SSSR count). The lowest BCUT2D eigenvalue weighted by atomic mass is 9.80. The molecule has 2 aliphatic carbocycles. The van der Waals surface area contributed by atoms with E-state index in [4.69, 9.17) is 46.9 Å². The summed E-state index contributed by atoms with van der Waals surface area (Å²) in [5.74, 6) is 1.10. The summed E-state index contributed by atoms with van der Waals surface area (Å²) < 4.78 is 28.9. The summed E-state index contributed by atoms with van der Waals surface area (Å²) in [4.78, 5) is 59.2. The Balaban J connectivity index is 1.01. The van der Waals surface area contributed by atoms with Crippen molar-refractivity contribution in [3.05, 3.63) is 107 Å². The van der Waals surface area contributed by atoms with E-state index in [1.54, 1.807) is 19.2 Å². The molecule has 1 aliphatic heterocycles. The molecule has 1 heterocycles. The predicted molar refractivity (Wildman–Crippen MR) is 239 cm³/mol. The average molecular weight is 946 g/mol. The van der Waals surface area contributed by atoms with E-state index >= 15 is 0 Å². The lowest BCUT2D eigenvalue weighted by molar-refractivity contribution is -0.790. The van der Waals surface area contributed by atoms with Crippen molar-refractivity contribution >= 4 is 35.1 Å². The number of unbranched alkanes of at least 4 members (excludes halogenated alkanes) is 1. The van der Waals surface area contributed by atoms with Crippen LogP contribution < -0.4 is 19.5 Å². The minimum Gasteiger partial charge on any atom is -0.493 e. The van der Waals surface area contributed by atoms with Gasteiger partial charge in [-0.1, -0.05) is 41.4 Å². The Morgan fingerprint density at radius 1 is 0.846 bits per heavy atom. The summed E-state index contributed by atoms with van der Waals surface area (Å²) in [5.41, 5.74) is 4.10. The topological polar surface area (TPSA) is 200 Å². The van der Waals surface area contributed by atoms with Crippen LogP contribution in [0.25, 0.3) is 0 Å². The Kier molecular flexibility index (Phi) is 18.5.